The second-order valence-corrected chi connectivity index (χ2v) is 4.90. The van der Waals surface area contributed by atoms with Gasteiger partial charge in [0.1, 0.15) is 11.4 Å². The summed E-state index contributed by atoms with van der Waals surface area (Å²) in [5.41, 5.74) is -1.28. The van der Waals surface area contributed by atoms with Crippen LogP contribution in [0.3, 0.4) is 0 Å². The molecule has 1 aromatic rings. The van der Waals surface area contributed by atoms with Crippen molar-refractivity contribution in [3.63, 3.8) is 0 Å². The Hall–Kier alpha value is -0.940. The molecule has 0 spiro atoms. The number of nitrogens with one attached hydrogen (secondary N) is 1. The van der Waals surface area contributed by atoms with E-state index in [0.29, 0.717) is 11.0 Å². The fraction of sp³-hybridized carbons (Fsp3) is 0.417. The van der Waals surface area contributed by atoms with Gasteiger partial charge in [0, 0.05) is 10.0 Å². The molecule has 1 atom stereocenters. The zero-order valence-corrected chi connectivity index (χ0v) is 11.3. The van der Waals surface area contributed by atoms with Crippen molar-refractivity contribution in [2.75, 3.05) is 6.54 Å². The minimum absolute atomic E-state index is 0.132. The van der Waals surface area contributed by atoms with Crippen molar-refractivity contribution >= 4 is 21.9 Å². The molecule has 3 nitrogen and oxygen atoms in total. The van der Waals surface area contributed by atoms with Crippen molar-refractivity contribution in [3.8, 4) is 0 Å². The van der Waals surface area contributed by atoms with Crippen LogP contribution < -0.4 is 5.32 Å². The summed E-state index contributed by atoms with van der Waals surface area (Å²) in [5.74, 6) is -1.62. The summed E-state index contributed by atoms with van der Waals surface area (Å²) < 4.78 is 14.4. The van der Waals surface area contributed by atoms with E-state index in [2.05, 4.69) is 21.2 Å². The predicted molar refractivity (Wildman–Crippen MR) is 67.4 cm³/mol. The molecular weight excluding hydrogens is 289 g/mol. The Morgan fingerprint density at radius 2 is 2.24 bits per heavy atom. The molecule has 0 bridgehead atoms. The molecule has 0 aliphatic heterocycles. The molecule has 0 aliphatic carbocycles. The van der Waals surface area contributed by atoms with E-state index in [0.717, 1.165) is 6.42 Å². The fourth-order valence-corrected chi connectivity index (χ4v) is 1.90. The predicted octanol–water partition coefficient (Wildman–Crippen LogP) is 2.89. The quantitative estimate of drug-likeness (QED) is 0.879. The number of halogens is 2. The smallest absolute Gasteiger partial charge is 0.328 e. The topological polar surface area (TPSA) is 49.3 Å². The highest BCUT2D eigenvalue weighted by Crippen LogP contribution is 2.27. The van der Waals surface area contributed by atoms with Gasteiger partial charge in [-0.15, -0.1) is 0 Å². The standard InChI is InChI=1S/C12H15BrFNO2/c1-3-6-15-12(2,11(16)17)9-7-8(13)4-5-10(9)14/h4-5,7,15H,3,6H2,1-2H3,(H,16,17). The van der Waals surface area contributed by atoms with Gasteiger partial charge in [-0.3, -0.25) is 5.32 Å². The molecule has 0 fully saturated rings. The molecule has 1 unspecified atom stereocenters. The van der Waals surface area contributed by atoms with Crippen LogP contribution in [0.15, 0.2) is 22.7 Å². The molecule has 0 heterocycles. The van der Waals surface area contributed by atoms with E-state index in [9.17, 15) is 14.3 Å². The van der Waals surface area contributed by atoms with Gasteiger partial charge < -0.3 is 5.11 Å². The van der Waals surface area contributed by atoms with Crippen molar-refractivity contribution < 1.29 is 14.3 Å². The first kappa shape index (κ1) is 14.1. The molecule has 1 aromatic carbocycles. The third kappa shape index (κ3) is 3.04. The van der Waals surface area contributed by atoms with Gasteiger partial charge in [-0.05, 0) is 38.1 Å². The van der Waals surface area contributed by atoms with Crippen molar-refractivity contribution in [2.45, 2.75) is 25.8 Å². The molecule has 0 amide bonds. The summed E-state index contributed by atoms with van der Waals surface area (Å²) >= 11 is 3.22. The van der Waals surface area contributed by atoms with Gasteiger partial charge in [0.15, 0.2) is 0 Å². The number of hydrogen-bond donors (Lipinski definition) is 2. The Labute approximate surface area is 108 Å². The average Bonchev–Trinajstić information content (AvgIpc) is 2.29. The lowest BCUT2D eigenvalue weighted by Gasteiger charge is -2.27. The maximum Gasteiger partial charge on any atom is 0.328 e. The first-order chi connectivity index (χ1) is 7.91. The normalized spacial score (nSPS) is 14.4. The highest BCUT2D eigenvalue weighted by molar-refractivity contribution is 9.10. The largest absolute Gasteiger partial charge is 0.480 e. The van der Waals surface area contributed by atoms with Gasteiger partial charge in [0.2, 0.25) is 0 Å². The molecule has 1 rings (SSSR count). The van der Waals surface area contributed by atoms with Gasteiger partial charge in [0.25, 0.3) is 0 Å². The molecule has 0 aromatic heterocycles. The number of rotatable bonds is 5. The van der Waals surface area contributed by atoms with Crippen molar-refractivity contribution in [3.05, 3.63) is 34.1 Å². The summed E-state index contributed by atoms with van der Waals surface area (Å²) in [6, 6.07) is 4.29. The monoisotopic (exact) mass is 303 g/mol. The van der Waals surface area contributed by atoms with E-state index in [4.69, 9.17) is 0 Å². The average molecular weight is 304 g/mol. The highest BCUT2D eigenvalue weighted by atomic mass is 79.9. The minimum atomic E-state index is -1.41. The lowest BCUT2D eigenvalue weighted by atomic mass is 9.91. The minimum Gasteiger partial charge on any atom is -0.480 e. The number of aliphatic carboxylic acids is 1. The summed E-state index contributed by atoms with van der Waals surface area (Å²) in [7, 11) is 0. The molecule has 5 heteroatoms. The second-order valence-electron chi connectivity index (χ2n) is 3.98. The number of benzene rings is 1. The molecule has 0 aliphatic rings. The number of carboxylic acid groups (broad SMARTS) is 1. The van der Waals surface area contributed by atoms with Crippen LogP contribution in [0.5, 0.6) is 0 Å². The van der Waals surface area contributed by atoms with Crippen LogP contribution in [0, 0.1) is 5.82 Å². The summed E-state index contributed by atoms with van der Waals surface area (Å²) in [4.78, 5) is 11.3. The van der Waals surface area contributed by atoms with Crippen LogP contribution >= 0.6 is 15.9 Å². The van der Waals surface area contributed by atoms with E-state index >= 15 is 0 Å². The van der Waals surface area contributed by atoms with E-state index in [1.807, 2.05) is 6.92 Å². The zero-order chi connectivity index (χ0) is 13.1. The number of hydrogen-bond acceptors (Lipinski definition) is 2. The van der Waals surface area contributed by atoms with Crippen LogP contribution in [-0.4, -0.2) is 17.6 Å². The third-order valence-electron chi connectivity index (χ3n) is 2.62. The van der Waals surface area contributed by atoms with Gasteiger partial charge in [-0.25, -0.2) is 9.18 Å². The van der Waals surface area contributed by atoms with E-state index in [1.54, 1.807) is 6.07 Å². The Bertz CT molecular complexity index is 425. The van der Waals surface area contributed by atoms with Gasteiger partial charge >= 0.3 is 5.97 Å². The molecule has 94 valence electrons. The van der Waals surface area contributed by atoms with Crippen LogP contribution in [0.2, 0.25) is 0 Å². The second kappa shape index (κ2) is 5.60. The lowest BCUT2D eigenvalue weighted by molar-refractivity contribution is -0.144. The van der Waals surface area contributed by atoms with Crippen molar-refractivity contribution in [2.24, 2.45) is 0 Å². The Kier molecular flexibility index (Phi) is 4.65. The SMILES string of the molecule is CCCNC(C)(C(=O)O)c1cc(Br)ccc1F. The summed E-state index contributed by atoms with van der Waals surface area (Å²) in [5, 5.41) is 12.2. The van der Waals surface area contributed by atoms with Crippen LogP contribution in [0.1, 0.15) is 25.8 Å². The Morgan fingerprint density at radius 1 is 1.59 bits per heavy atom. The summed E-state index contributed by atoms with van der Waals surface area (Å²) in [6.45, 7) is 3.90. The van der Waals surface area contributed by atoms with Gasteiger partial charge in [-0.2, -0.15) is 0 Å². The number of carboxylic acids is 1. The Balaban J connectivity index is 3.21. The van der Waals surface area contributed by atoms with Gasteiger partial charge in [-0.1, -0.05) is 22.9 Å². The molecule has 0 radical (unpaired) electrons. The molecule has 17 heavy (non-hydrogen) atoms. The van der Waals surface area contributed by atoms with Crippen LogP contribution in [0.25, 0.3) is 0 Å². The van der Waals surface area contributed by atoms with Crippen LogP contribution in [-0.2, 0) is 10.3 Å². The Morgan fingerprint density at radius 3 is 2.76 bits per heavy atom. The maximum absolute atomic E-state index is 13.7. The molecule has 2 N–H and O–H groups in total. The first-order valence-corrected chi connectivity index (χ1v) is 6.15. The fourth-order valence-electron chi connectivity index (χ4n) is 1.54. The molecule has 0 saturated heterocycles. The number of carbonyl (C=O) groups is 1. The molecular formula is C12H15BrFNO2. The third-order valence-corrected chi connectivity index (χ3v) is 3.12. The maximum atomic E-state index is 13.7. The van der Waals surface area contributed by atoms with E-state index in [1.165, 1.54) is 19.1 Å². The van der Waals surface area contributed by atoms with E-state index < -0.39 is 17.3 Å². The highest BCUT2D eigenvalue weighted by Gasteiger charge is 2.36. The van der Waals surface area contributed by atoms with E-state index in [-0.39, 0.29) is 5.56 Å². The summed E-state index contributed by atoms with van der Waals surface area (Å²) in [6.07, 6.45) is 0.776. The van der Waals surface area contributed by atoms with Crippen molar-refractivity contribution in [1.82, 2.24) is 5.32 Å². The first-order valence-electron chi connectivity index (χ1n) is 5.35. The van der Waals surface area contributed by atoms with Gasteiger partial charge in [0.05, 0.1) is 0 Å². The van der Waals surface area contributed by atoms with Crippen LogP contribution in [0.4, 0.5) is 4.39 Å². The lowest BCUT2D eigenvalue weighted by Crippen LogP contribution is -2.47. The molecule has 0 saturated carbocycles. The zero-order valence-electron chi connectivity index (χ0n) is 9.76. The van der Waals surface area contributed by atoms with Crippen molar-refractivity contribution in [1.29, 1.82) is 0 Å².